The Bertz CT molecular complexity index is 1620. The fraction of sp³-hybridized carbons (Fsp3) is 0.185. The monoisotopic (exact) mass is 564 g/mol. The fourth-order valence-electron chi connectivity index (χ4n) is 4.30. The fourth-order valence-corrected chi connectivity index (χ4v) is 6.81. The average molecular weight is 565 g/mol. The number of sulfone groups is 1. The van der Waals surface area contributed by atoms with Gasteiger partial charge in [-0.1, -0.05) is 12.1 Å². The number of benzene rings is 1. The molecule has 0 saturated carbocycles. The van der Waals surface area contributed by atoms with E-state index in [1.54, 1.807) is 60.5 Å². The van der Waals surface area contributed by atoms with E-state index in [1.165, 1.54) is 28.7 Å². The number of nitrogens with zero attached hydrogens (tertiary/aromatic N) is 3. The Hall–Kier alpha value is -3.67. The zero-order valence-electron chi connectivity index (χ0n) is 20.7. The smallest absolute Gasteiger partial charge is 0.274 e. The largest absolute Gasteiger partial charge is 0.317 e. The summed E-state index contributed by atoms with van der Waals surface area (Å²) >= 11 is 2.75. The highest BCUT2D eigenvalue weighted by Gasteiger charge is 2.30. The molecule has 0 unspecified atom stereocenters. The quantitative estimate of drug-likeness (QED) is 0.330. The van der Waals surface area contributed by atoms with Crippen LogP contribution in [-0.2, 0) is 26.8 Å². The number of aryl methyl sites for hydroxylation is 2. The minimum absolute atomic E-state index is 0.155. The number of amides is 2. The van der Waals surface area contributed by atoms with E-state index in [0.717, 1.165) is 10.4 Å². The maximum atomic E-state index is 13.6. The third kappa shape index (κ3) is 5.59. The number of thiophene rings is 2. The lowest BCUT2D eigenvalue weighted by molar-refractivity contribution is -0.115. The van der Waals surface area contributed by atoms with Crippen molar-refractivity contribution in [3.05, 3.63) is 97.5 Å². The standard InChI is InChI=1S/C27H24N4O4S3/c1-17-13-18(2)29-25(28-17)16-38(34,35)21-7-8-23-19(14-21)9-10-31(23)27(33)22(15-20-5-3-11-36-20)30-26(32)24-6-4-12-37-24/h3-8,11-15H,9-10,16H2,1-2H3,(H,30,32)/b22-15+. The first kappa shape index (κ1) is 26.0. The molecule has 1 aliphatic heterocycles. The molecule has 0 fully saturated rings. The molecule has 0 saturated heterocycles. The molecule has 2 amide bonds. The second-order valence-corrected chi connectivity index (χ2v) is 12.7. The van der Waals surface area contributed by atoms with Crippen molar-refractivity contribution in [1.29, 1.82) is 0 Å². The van der Waals surface area contributed by atoms with Crippen molar-refractivity contribution in [2.75, 3.05) is 11.4 Å². The number of nitrogens with one attached hydrogen (secondary N) is 1. The zero-order chi connectivity index (χ0) is 26.9. The summed E-state index contributed by atoms with van der Waals surface area (Å²) < 4.78 is 26.3. The van der Waals surface area contributed by atoms with Crippen molar-refractivity contribution in [1.82, 2.24) is 15.3 Å². The summed E-state index contributed by atoms with van der Waals surface area (Å²) in [6, 6.07) is 13.8. The minimum atomic E-state index is -3.69. The van der Waals surface area contributed by atoms with Crippen LogP contribution in [0.15, 0.2) is 69.9 Å². The number of carbonyl (C=O) groups excluding carboxylic acids is 2. The lowest BCUT2D eigenvalue weighted by Gasteiger charge is -2.20. The van der Waals surface area contributed by atoms with Gasteiger partial charge < -0.3 is 10.2 Å². The highest BCUT2D eigenvalue weighted by atomic mass is 32.2. The van der Waals surface area contributed by atoms with Gasteiger partial charge in [-0.15, -0.1) is 22.7 Å². The molecule has 38 heavy (non-hydrogen) atoms. The van der Waals surface area contributed by atoms with Gasteiger partial charge in [0, 0.05) is 28.5 Å². The molecule has 4 aromatic rings. The average Bonchev–Trinajstić information content (AvgIpc) is 3.64. The predicted octanol–water partition coefficient (Wildman–Crippen LogP) is 4.55. The van der Waals surface area contributed by atoms with E-state index < -0.39 is 9.84 Å². The maximum Gasteiger partial charge on any atom is 0.274 e. The molecule has 11 heteroatoms. The maximum absolute atomic E-state index is 13.6. The van der Waals surface area contributed by atoms with Gasteiger partial charge in [0.25, 0.3) is 11.8 Å². The Kier molecular flexibility index (Phi) is 7.24. The van der Waals surface area contributed by atoms with E-state index in [9.17, 15) is 18.0 Å². The lowest BCUT2D eigenvalue weighted by atomic mass is 10.2. The summed E-state index contributed by atoms with van der Waals surface area (Å²) in [4.78, 5) is 38.0. The van der Waals surface area contributed by atoms with E-state index >= 15 is 0 Å². The van der Waals surface area contributed by atoms with Crippen molar-refractivity contribution in [3.63, 3.8) is 0 Å². The number of fused-ring (bicyclic) bond motifs is 1. The van der Waals surface area contributed by atoms with Crippen LogP contribution in [0.2, 0.25) is 0 Å². The Morgan fingerprint density at radius 3 is 2.45 bits per heavy atom. The van der Waals surface area contributed by atoms with E-state index in [-0.39, 0.29) is 34.0 Å². The molecule has 0 atom stereocenters. The summed E-state index contributed by atoms with van der Waals surface area (Å²) in [5, 5.41) is 6.47. The molecular formula is C27H24N4O4S3. The molecule has 0 spiro atoms. The number of aromatic nitrogens is 2. The molecule has 5 rings (SSSR count). The minimum Gasteiger partial charge on any atom is -0.317 e. The topological polar surface area (TPSA) is 109 Å². The van der Waals surface area contributed by atoms with Crippen LogP contribution in [0.4, 0.5) is 5.69 Å². The van der Waals surface area contributed by atoms with Gasteiger partial charge in [0.05, 0.1) is 9.77 Å². The number of carbonyl (C=O) groups is 2. The van der Waals surface area contributed by atoms with Crippen molar-refractivity contribution in [2.24, 2.45) is 0 Å². The van der Waals surface area contributed by atoms with Crippen LogP contribution in [-0.4, -0.2) is 36.7 Å². The van der Waals surface area contributed by atoms with E-state index in [0.29, 0.717) is 34.9 Å². The summed E-state index contributed by atoms with van der Waals surface area (Å²) in [7, 11) is -3.69. The van der Waals surface area contributed by atoms with Gasteiger partial charge in [0.1, 0.15) is 17.3 Å². The molecule has 1 N–H and O–H groups in total. The molecule has 194 valence electrons. The van der Waals surface area contributed by atoms with Crippen LogP contribution in [0.3, 0.4) is 0 Å². The molecule has 8 nitrogen and oxygen atoms in total. The van der Waals surface area contributed by atoms with Gasteiger partial charge in [0.15, 0.2) is 9.84 Å². The van der Waals surface area contributed by atoms with Crippen LogP contribution in [0.5, 0.6) is 0 Å². The van der Waals surface area contributed by atoms with Gasteiger partial charge in [-0.3, -0.25) is 9.59 Å². The number of rotatable bonds is 7. The van der Waals surface area contributed by atoms with Gasteiger partial charge in [-0.25, -0.2) is 18.4 Å². The van der Waals surface area contributed by atoms with Crippen LogP contribution >= 0.6 is 22.7 Å². The predicted molar refractivity (Wildman–Crippen MR) is 149 cm³/mol. The van der Waals surface area contributed by atoms with E-state index in [4.69, 9.17) is 0 Å². The first-order chi connectivity index (χ1) is 18.2. The van der Waals surface area contributed by atoms with Crippen LogP contribution in [0, 0.1) is 13.8 Å². The summed E-state index contributed by atoms with van der Waals surface area (Å²) in [6.45, 7) is 3.97. The first-order valence-corrected chi connectivity index (χ1v) is 15.2. The van der Waals surface area contributed by atoms with Crippen molar-refractivity contribution < 1.29 is 18.0 Å². The molecule has 0 radical (unpaired) electrons. The summed E-state index contributed by atoms with van der Waals surface area (Å²) in [5.41, 5.74) is 2.95. The summed E-state index contributed by atoms with van der Waals surface area (Å²) in [5.74, 6) is -0.768. The SMILES string of the molecule is Cc1cc(C)nc(CS(=O)(=O)c2ccc3c(c2)CCN3C(=O)/C(=C\c2cccs2)NC(=O)c2cccs2)n1. The van der Waals surface area contributed by atoms with E-state index in [1.807, 2.05) is 17.5 Å². The Morgan fingerprint density at radius 1 is 1.03 bits per heavy atom. The number of hydrogen-bond donors (Lipinski definition) is 1. The van der Waals surface area contributed by atoms with Crippen molar-refractivity contribution in [2.45, 2.75) is 30.9 Å². The molecular weight excluding hydrogens is 541 g/mol. The van der Waals surface area contributed by atoms with Crippen molar-refractivity contribution >= 4 is 56.1 Å². The summed E-state index contributed by atoms with van der Waals surface area (Å²) in [6.07, 6.45) is 2.16. The van der Waals surface area contributed by atoms with Crippen LogP contribution < -0.4 is 10.2 Å². The van der Waals surface area contributed by atoms with Gasteiger partial charge in [0.2, 0.25) is 0 Å². The second kappa shape index (κ2) is 10.6. The molecule has 3 aromatic heterocycles. The Balaban J connectivity index is 1.41. The number of hydrogen-bond acceptors (Lipinski definition) is 8. The highest BCUT2D eigenvalue weighted by molar-refractivity contribution is 7.90. The third-order valence-corrected chi connectivity index (χ3v) is 9.25. The molecule has 1 aromatic carbocycles. The van der Waals surface area contributed by atoms with Gasteiger partial charge in [-0.2, -0.15) is 0 Å². The number of anilines is 1. The third-order valence-electron chi connectivity index (χ3n) is 5.95. The normalized spacial score (nSPS) is 13.4. The van der Waals surface area contributed by atoms with Crippen molar-refractivity contribution in [3.8, 4) is 0 Å². The first-order valence-electron chi connectivity index (χ1n) is 11.8. The molecule has 0 aliphatic carbocycles. The lowest BCUT2D eigenvalue weighted by Crippen LogP contribution is -2.37. The van der Waals surface area contributed by atoms with Crippen LogP contribution in [0.25, 0.3) is 6.08 Å². The van der Waals surface area contributed by atoms with Gasteiger partial charge in [-0.05, 0) is 79.1 Å². The molecule has 4 heterocycles. The van der Waals surface area contributed by atoms with Gasteiger partial charge >= 0.3 is 0 Å². The Morgan fingerprint density at radius 2 is 1.76 bits per heavy atom. The second-order valence-electron chi connectivity index (χ2n) is 8.83. The molecule has 1 aliphatic rings. The zero-order valence-corrected chi connectivity index (χ0v) is 23.1. The highest BCUT2D eigenvalue weighted by Crippen LogP contribution is 2.32. The molecule has 0 bridgehead atoms. The van der Waals surface area contributed by atoms with Crippen LogP contribution in [0.1, 0.15) is 37.3 Å². The Labute approximate surface area is 228 Å². The van der Waals surface area contributed by atoms with E-state index in [2.05, 4.69) is 15.3 Å².